The maximum absolute atomic E-state index is 13.6. The zero-order valence-corrected chi connectivity index (χ0v) is 11.8. The van der Waals surface area contributed by atoms with Gasteiger partial charge in [-0.2, -0.15) is 0 Å². The summed E-state index contributed by atoms with van der Waals surface area (Å²) in [6.07, 6.45) is -1.85. The van der Waals surface area contributed by atoms with Crippen LogP contribution in [0.2, 0.25) is 0 Å². The highest BCUT2D eigenvalue weighted by atomic mass is 79.9. The highest BCUT2D eigenvalue weighted by molar-refractivity contribution is 9.25. The number of alkyl halides is 4. The zero-order valence-electron chi connectivity index (χ0n) is 8.64. The number of hydrogen-bond donors (Lipinski definition) is 0. The maximum Gasteiger partial charge on any atom is 0.253 e. The fourth-order valence-electron chi connectivity index (χ4n) is 1.20. The molecular formula is C10H10Br2F2O2. The van der Waals surface area contributed by atoms with Gasteiger partial charge >= 0.3 is 0 Å². The van der Waals surface area contributed by atoms with Crippen molar-refractivity contribution in [3.05, 3.63) is 23.8 Å². The summed E-state index contributed by atoms with van der Waals surface area (Å²) in [5.41, 5.74) is 0.147. The van der Waals surface area contributed by atoms with Crippen molar-refractivity contribution < 1.29 is 18.3 Å². The summed E-state index contributed by atoms with van der Waals surface area (Å²) in [6.45, 7) is 0. The molecule has 0 saturated heterocycles. The van der Waals surface area contributed by atoms with Crippen LogP contribution in [0.15, 0.2) is 18.2 Å². The van der Waals surface area contributed by atoms with Crippen LogP contribution in [0.3, 0.4) is 0 Å². The normalized spacial score (nSPS) is 13.4. The van der Waals surface area contributed by atoms with Crippen LogP contribution >= 0.6 is 31.9 Å². The van der Waals surface area contributed by atoms with Crippen molar-refractivity contribution in [2.24, 2.45) is 0 Å². The number of hydrogen-bond acceptors (Lipinski definition) is 2. The van der Waals surface area contributed by atoms with Crippen LogP contribution in [0.1, 0.15) is 11.7 Å². The number of ether oxygens (including phenoxy) is 2. The Labute approximate surface area is 109 Å². The zero-order chi connectivity index (χ0) is 12.3. The molecule has 6 heteroatoms. The van der Waals surface area contributed by atoms with E-state index < -0.39 is 9.66 Å². The van der Waals surface area contributed by atoms with E-state index in [1.807, 2.05) is 0 Å². The summed E-state index contributed by atoms with van der Waals surface area (Å²) in [6, 6.07) is 4.34. The van der Waals surface area contributed by atoms with E-state index in [2.05, 4.69) is 31.9 Å². The lowest BCUT2D eigenvalue weighted by Gasteiger charge is -2.17. The van der Waals surface area contributed by atoms with Crippen molar-refractivity contribution in [2.75, 3.05) is 14.2 Å². The molecule has 1 aromatic carbocycles. The molecule has 0 saturated carbocycles. The van der Waals surface area contributed by atoms with Crippen molar-refractivity contribution in [1.29, 1.82) is 0 Å². The molecule has 0 heterocycles. The van der Waals surface area contributed by atoms with Crippen molar-refractivity contribution >= 4 is 31.9 Å². The van der Waals surface area contributed by atoms with E-state index in [1.54, 1.807) is 0 Å². The van der Waals surface area contributed by atoms with E-state index in [9.17, 15) is 8.78 Å². The van der Waals surface area contributed by atoms with Crippen LogP contribution < -0.4 is 9.47 Å². The second-order valence-corrected chi connectivity index (χ2v) is 6.39. The topological polar surface area (TPSA) is 18.5 Å². The first-order valence-corrected chi connectivity index (χ1v) is 5.91. The Morgan fingerprint density at radius 2 is 1.75 bits per heavy atom. The molecule has 0 bridgehead atoms. The molecule has 1 atom stereocenters. The first-order chi connectivity index (χ1) is 7.40. The first kappa shape index (κ1) is 13.7. The standard InChI is InChI=1S/C10H10Br2F2O2/c1-15-7-4-3-6(5-8(7)16-2)9(13)10(11,12)14/h3-5,9H,1-2H3/t9-/m0/s1. The molecule has 2 nitrogen and oxygen atoms in total. The Kier molecular flexibility index (Phi) is 4.55. The van der Waals surface area contributed by atoms with E-state index in [-0.39, 0.29) is 5.56 Å². The number of rotatable bonds is 4. The van der Waals surface area contributed by atoms with Gasteiger partial charge in [-0.3, -0.25) is 0 Å². The monoisotopic (exact) mass is 358 g/mol. The summed E-state index contributed by atoms with van der Waals surface area (Å²) in [4.78, 5) is 0. The molecule has 0 aromatic heterocycles. The second kappa shape index (κ2) is 5.31. The predicted molar refractivity (Wildman–Crippen MR) is 65.1 cm³/mol. The first-order valence-electron chi connectivity index (χ1n) is 4.33. The van der Waals surface area contributed by atoms with E-state index >= 15 is 0 Å². The molecule has 0 aliphatic carbocycles. The SMILES string of the molecule is COc1ccc([C@H](F)C(F)(Br)Br)cc1OC. The summed E-state index contributed by atoms with van der Waals surface area (Å²) in [5.74, 6) is 0.818. The quantitative estimate of drug-likeness (QED) is 0.752. The lowest BCUT2D eigenvalue weighted by atomic mass is 10.1. The van der Waals surface area contributed by atoms with E-state index in [4.69, 9.17) is 9.47 Å². The molecule has 0 fully saturated rings. The van der Waals surface area contributed by atoms with Gasteiger partial charge in [0.05, 0.1) is 14.2 Å². The smallest absolute Gasteiger partial charge is 0.253 e. The molecule has 0 aliphatic heterocycles. The average molecular weight is 360 g/mol. The number of methoxy groups -OCH3 is 2. The molecule has 0 spiro atoms. The third-order valence-corrected chi connectivity index (χ3v) is 2.79. The van der Waals surface area contributed by atoms with Gasteiger partial charge in [0.2, 0.25) is 0 Å². The lowest BCUT2D eigenvalue weighted by molar-refractivity contribution is 0.224. The highest BCUT2D eigenvalue weighted by Crippen LogP contribution is 2.45. The highest BCUT2D eigenvalue weighted by Gasteiger charge is 2.35. The van der Waals surface area contributed by atoms with Crippen LogP contribution in [0.25, 0.3) is 0 Å². The van der Waals surface area contributed by atoms with Gasteiger partial charge in [-0.25, -0.2) is 8.78 Å². The lowest BCUT2D eigenvalue weighted by Crippen LogP contribution is -2.12. The van der Waals surface area contributed by atoms with Crippen LogP contribution in [0, 0.1) is 0 Å². The number of halogens is 4. The minimum absolute atomic E-state index is 0.147. The maximum atomic E-state index is 13.6. The Bertz CT molecular complexity index is 366. The van der Waals surface area contributed by atoms with Gasteiger partial charge in [0.25, 0.3) is 3.49 Å². The minimum atomic E-state index is -2.29. The van der Waals surface area contributed by atoms with Crippen LogP contribution in [-0.4, -0.2) is 17.7 Å². The Morgan fingerprint density at radius 3 is 2.19 bits per heavy atom. The molecule has 0 unspecified atom stereocenters. The van der Waals surface area contributed by atoms with E-state index in [0.29, 0.717) is 11.5 Å². The van der Waals surface area contributed by atoms with Gasteiger partial charge in [0, 0.05) is 0 Å². The molecule has 0 amide bonds. The third-order valence-electron chi connectivity index (χ3n) is 1.99. The molecule has 0 radical (unpaired) electrons. The molecule has 0 N–H and O–H groups in total. The molecule has 0 aliphatic rings. The van der Waals surface area contributed by atoms with Crippen molar-refractivity contribution in [3.8, 4) is 11.5 Å². The molecule has 1 aromatic rings. The molecular weight excluding hydrogens is 350 g/mol. The van der Waals surface area contributed by atoms with E-state index in [0.717, 1.165) is 0 Å². The number of benzene rings is 1. The second-order valence-electron chi connectivity index (χ2n) is 3.02. The Morgan fingerprint density at radius 1 is 1.19 bits per heavy atom. The van der Waals surface area contributed by atoms with Crippen LogP contribution in [0.5, 0.6) is 11.5 Å². The average Bonchev–Trinajstić information content (AvgIpc) is 2.25. The van der Waals surface area contributed by atoms with E-state index in [1.165, 1.54) is 32.4 Å². The molecule has 16 heavy (non-hydrogen) atoms. The van der Waals surface area contributed by atoms with Crippen LogP contribution in [-0.2, 0) is 0 Å². The third kappa shape index (κ3) is 3.07. The van der Waals surface area contributed by atoms with Gasteiger partial charge in [-0.1, -0.05) is 6.07 Å². The largest absolute Gasteiger partial charge is 0.493 e. The van der Waals surface area contributed by atoms with Gasteiger partial charge in [0.15, 0.2) is 17.7 Å². The summed E-state index contributed by atoms with van der Waals surface area (Å²) >= 11 is 5.13. The summed E-state index contributed by atoms with van der Waals surface area (Å²) in [7, 11) is 2.90. The van der Waals surface area contributed by atoms with Gasteiger partial charge in [0.1, 0.15) is 0 Å². The van der Waals surface area contributed by atoms with Crippen molar-refractivity contribution in [3.63, 3.8) is 0 Å². The van der Waals surface area contributed by atoms with Crippen LogP contribution in [0.4, 0.5) is 8.78 Å². The minimum Gasteiger partial charge on any atom is -0.493 e. The van der Waals surface area contributed by atoms with Crippen molar-refractivity contribution in [2.45, 2.75) is 9.66 Å². The predicted octanol–water partition coefficient (Wildman–Crippen LogP) is 4.13. The van der Waals surface area contributed by atoms with Crippen molar-refractivity contribution in [1.82, 2.24) is 0 Å². The molecule has 1 rings (SSSR count). The molecule has 90 valence electrons. The fourth-order valence-corrected chi connectivity index (χ4v) is 1.73. The Balaban J connectivity index is 3.08. The summed E-state index contributed by atoms with van der Waals surface area (Å²) in [5, 5.41) is 0. The fraction of sp³-hybridized carbons (Fsp3) is 0.400. The van der Waals surface area contributed by atoms with Gasteiger partial charge in [-0.05, 0) is 49.6 Å². The van der Waals surface area contributed by atoms with Gasteiger partial charge < -0.3 is 9.47 Å². The Hall–Kier alpha value is -0.360. The van der Waals surface area contributed by atoms with Gasteiger partial charge in [-0.15, -0.1) is 0 Å². The summed E-state index contributed by atoms with van der Waals surface area (Å²) < 4.78 is 34.6.